The Morgan fingerprint density at radius 3 is 2.70 bits per heavy atom. The fraction of sp³-hybridized carbons (Fsp3) is 0.562. The van der Waals surface area contributed by atoms with Crippen LogP contribution in [-0.4, -0.2) is 12.6 Å². The van der Waals surface area contributed by atoms with E-state index in [9.17, 15) is 15.3 Å². The molecule has 1 aliphatic rings. The molecule has 106 valence electrons. The molecule has 4 nitrogen and oxygen atoms in total. The van der Waals surface area contributed by atoms with Gasteiger partial charge in [0.1, 0.15) is 6.61 Å². The molecule has 0 saturated heterocycles. The van der Waals surface area contributed by atoms with Crippen molar-refractivity contribution >= 4 is 5.97 Å². The number of nitriles is 2. The zero-order valence-corrected chi connectivity index (χ0v) is 12.1. The average molecular weight is 272 g/mol. The monoisotopic (exact) mass is 272 g/mol. The Balaban J connectivity index is 2.71. The Morgan fingerprint density at radius 2 is 2.20 bits per heavy atom. The summed E-state index contributed by atoms with van der Waals surface area (Å²) in [6.45, 7) is 3.70. The van der Waals surface area contributed by atoms with Gasteiger partial charge in [-0.05, 0) is 30.8 Å². The van der Waals surface area contributed by atoms with Gasteiger partial charge in [0.15, 0.2) is 5.41 Å². The molecule has 0 fully saturated rings. The molecule has 0 aromatic heterocycles. The van der Waals surface area contributed by atoms with Crippen LogP contribution in [0.4, 0.5) is 0 Å². The second-order valence-electron chi connectivity index (χ2n) is 5.22. The Morgan fingerprint density at radius 1 is 1.50 bits per heavy atom. The molecular formula is C16H20N2O2. The minimum Gasteiger partial charge on any atom is -0.462 e. The molecule has 0 aromatic carbocycles. The molecule has 20 heavy (non-hydrogen) atoms. The van der Waals surface area contributed by atoms with Crippen LogP contribution in [0, 0.1) is 34.0 Å². The van der Waals surface area contributed by atoms with E-state index in [1.807, 2.05) is 6.08 Å². The Kier molecular flexibility index (Phi) is 6.00. The van der Waals surface area contributed by atoms with Gasteiger partial charge in [-0.15, -0.1) is 0 Å². The molecule has 0 radical (unpaired) electrons. The molecule has 1 atom stereocenters. The van der Waals surface area contributed by atoms with Crippen LogP contribution in [0.15, 0.2) is 23.8 Å². The second kappa shape index (κ2) is 7.50. The fourth-order valence-corrected chi connectivity index (χ4v) is 2.24. The largest absolute Gasteiger partial charge is 0.462 e. The third kappa shape index (κ3) is 4.24. The molecule has 0 aliphatic heterocycles. The van der Waals surface area contributed by atoms with Gasteiger partial charge in [-0.1, -0.05) is 25.2 Å². The standard InChI is InChI=1S/C16H20N2O2/c1-13-5-7-15(8-6-13)16(11-17,12-18)9-3-4-10-20-14(2)19/h3-4,7,13H,5-6,8-10H2,1-2H3/b4-3+. The number of ether oxygens (including phenoxy) is 1. The smallest absolute Gasteiger partial charge is 0.302 e. The Bertz CT molecular complexity index is 478. The van der Waals surface area contributed by atoms with Gasteiger partial charge in [0.05, 0.1) is 12.1 Å². The van der Waals surface area contributed by atoms with Crippen molar-refractivity contribution in [1.29, 1.82) is 10.5 Å². The first-order chi connectivity index (χ1) is 9.54. The van der Waals surface area contributed by atoms with Crippen LogP contribution in [0.5, 0.6) is 0 Å². The van der Waals surface area contributed by atoms with Crippen LogP contribution in [0.1, 0.15) is 39.5 Å². The molecule has 0 heterocycles. The van der Waals surface area contributed by atoms with Crippen LogP contribution < -0.4 is 0 Å². The predicted molar refractivity (Wildman–Crippen MR) is 75.1 cm³/mol. The van der Waals surface area contributed by atoms with Crippen LogP contribution in [0.25, 0.3) is 0 Å². The lowest BCUT2D eigenvalue weighted by Gasteiger charge is -2.26. The van der Waals surface area contributed by atoms with Gasteiger partial charge >= 0.3 is 5.97 Å². The summed E-state index contributed by atoms with van der Waals surface area (Å²) in [5, 5.41) is 18.8. The molecule has 0 bridgehead atoms. The lowest BCUT2D eigenvalue weighted by molar-refractivity contribution is -0.139. The number of allylic oxidation sites excluding steroid dienone is 3. The van der Waals surface area contributed by atoms with E-state index < -0.39 is 5.41 Å². The molecule has 0 spiro atoms. The summed E-state index contributed by atoms with van der Waals surface area (Å²) >= 11 is 0. The van der Waals surface area contributed by atoms with Crippen molar-refractivity contribution in [3.05, 3.63) is 23.8 Å². The van der Waals surface area contributed by atoms with Gasteiger partial charge in [-0.2, -0.15) is 10.5 Å². The summed E-state index contributed by atoms with van der Waals surface area (Å²) in [5.41, 5.74) is -0.148. The van der Waals surface area contributed by atoms with Gasteiger partial charge < -0.3 is 4.74 Å². The number of nitrogens with zero attached hydrogens (tertiary/aromatic N) is 2. The van der Waals surface area contributed by atoms with E-state index in [1.165, 1.54) is 6.92 Å². The molecule has 0 N–H and O–H groups in total. The maximum atomic E-state index is 10.6. The summed E-state index contributed by atoms with van der Waals surface area (Å²) in [7, 11) is 0. The minimum absolute atomic E-state index is 0.179. The van der Waals surface area contributed by atoms with E-state index in [2.05, 4.69) is 19.1 Å². The van der Waals surface area contributed by atoms with Crippen molar-refractivity contribution in [2.75, 3.05) is 6.61 Å². The van der Waals surface area contributed by atoms with Crippen LogP contribution in [-0.2, 0) is 9.53 Å². The highest BCUT2D eigenvalue weighted by atomic mass is 16.5. The number of carbonyl (C=O) groups is 1. The lowest BCUT2D eigenvalue weighted by atomic mass is 9.73. The quantitative estimate of drug-likeness (QED) is 0.568. The third-order valence-corrected chi connectivity index (χ3v) is 3.58. The molecule has 1 rings (SSSR count). The highest BCUT2D eigenvalue weighted by molar-refractivity contribution is 5.65. The van der Waals surface area contributed by atoms with Gasteiger partial charge in [0, 0.05) is 13.3 Å². The molecule has 4 heteroatoms. The van der Waals surface area contributed by atoms with Crippen molar-refractivity contribution in [3.8, 4) is 12.1 Å². The van der Waals surface area contributed by atoms with Gasteiger partial charge in [0.2, 0.25) is 0 Å². The van der Waals surface area contributed by atoms with E-state index in [0.29, 0.717) is 12.3 Å². The van der Waals surface area contributed by atoms with Crippen LogP contribution in [0.2, 0.25) is 0 Å². The first kappa shape index (κ1) is 16.0. The number of carbonyl (C=O) groups excluding carboxylic acids is 1. The Labute approximate surface area is 120 Å². The van der Waals surface area contributed by atoms with Crippen LogP contribution in [0.3, 0.4) is 0 Å². The molecule has 1 aliphatic carbocycles. The zero-order chi connectivity index (χ0) is 15.0. The van der Waals surface area contributed by atoms with Crippen LogP contribution >= 0.6 is 0 Å². The van der Waals surface area contributed by atoms with E-state index in [1.54, 1.807) is 12.2 Å². The highest BCUT2D eigenvalue weighted by Gasteiger charge is 2.34. The number of hydrogen-bond donors (Lipinski definition) is 0. The molecular weight excluding hydrogens is 252 g/mol. The summed E-state index contributed by atoms with van der Waals surface area (Å²) < 4.78 is 4.78. The summed E-state index contributed by atoms with van der Waals surface area (Å²) in [4.78, 5) is 10.6. The number of esters is 1. The SMILES string of the molecule is CC(=O)OC/C=C/CC(C#N)(C#N)C1=CCC(C)CC1. The zero-order valence-electron chi connectivity index (χ0n) is 12.1. The third-order valence-electron chi connectivity index (χ3n) is 3.58. The molecule has 1 unspecified atom stereocenters. The maximum absolute atomic E-state index is 10.6. The highest BCUT2D eigenvalue weighted by Crippen LogP contribution is 2.38. The van der Waals surface area contributed by atoms with E-state index >= 15 is 0 Å². The van der Waals surface area contributed by atoms with E-state index in [0.717, 1.165) is 24.8 Å². The number of rotatable bonds is 5. The van der Waals surface area contributed by atoms with Crippen molar-refractivity contribution in [1.82, 2.24) is 0 Å². The molecule has 0 saturated carbocycles. The van der Waals surface area contributed by atoms with E-state index in [4.69, 9.17) is 4.74 Å². The fourth-order valence-electron chi connectivity index (χ4n) is 2.24. The van der Waals surface area contributed by atoms with E-state index in [-0.39, 0.29) is 12.6 Å². The Hall–Kier alpha value is -2.07. The second-order valence-corrected chi connectivity index (χ2v) is 5.22. The van der Waals surface area contributed by atoms with Crippen molar-refractivity contribution in [2.24, 2.45) is 11.3 Å². The normalized spacial score (nSPS) is 19.0. The predicted octanol–water partition coefficient (Wildman–Crippen LogP) is 3.28. The lowest BCUT2D eigenvalue weighted by Crippen LogP contribution is -2.21. The van der Waals surface area contributed by atoms with Crippen molar-refractivity contribution in [3.63, 3.8) is 0 Å². The first-order valence-electron chi connectivity index (χ1n) is 6.84. The average Bonchev–Trinajstić information content (AvgIpc) is 2.44. The maximum Gasteiger partial charge on any atom is 0.302 e. The van der Waals surface area contributed by atoms with Gasteiger partial charge in [-0.25, -0.2) is 0 Å². The first-order valence-corrected chi connectivity index (χ1v) is 6.84. The topological polar surface area (TPSA) is 73.9 Å². The summed E-state index contributed by atoms with van der Waals surface area (Å²) in [6.07, 6.45) is 8.55. The minimum atomic E-state index is -1.08. The van der Waals surface area contributed by atoms with Gasteiger partial charge in [-0.3, -0.25) is 4.79 Å². The number of hydrogen-bond acceptors (Lipinski definition) is 4. The van der Waals surface area contributed by atoms with Crippen molar-refractivity contribution in [2.45, 2.75) is 39.5 Å². The van der Waals surface area contributed by atoms with Crippen molar-refractivity contribution < 1.29 is 9.53 Å². The summed E-state index contributed by atoms with van der Waals surface area (Å²) in [6, 6.07) is 4.32. The van der Waals surface area contributed by atoms with Gasteiger partial charge in [0.25, 0.3) is 0 Å². The summed E-state index contributed by atoms with van der Waals surface area (Å²) in [5.74, 6) is 0.277. The molecule has 0 aromatic rings. The molecule has 0 amide bonds.